The lowest BCUT2D eigenvalue weighted by molar-refractivity contribution is 0.209. The van der Waals surface area contributed by atoms with Gasteiger partial charge in [0.1, 0.15) is 0 Å². The van der Waals surface area contributed by atoms with Crippen LogP contribution in [0, 0.1) is 11.3 Å². The van der Waals surface area contributed by atoms with Crippen LogP contribution in [-0.4, -0.2) is 0 Å². The lowest BCUT2D eigenvalue weighted by atomic mass is 9.75. The lowest BCUT2D eigenvalue weighted by Crippen LogP contribution is -2.21. The third kappa shape index (κ3) is 8.73. The Bertz CT molecular complexity index is 294. The molecule has 1 atom stereocenters. The predicted molar refractivity (Wildman–Crippen MR) is 95.6 cm³/mol. The fraction of sp³-hybridized carbons (Fsp3) is 0.778. The first-order valence-electron chi connectivity index (χ1n) is 8.11. The van der Waals surface area contributed by atoms with Gasteiger partial charge < -0.3 is 4.72 Å². The molecule has 0 heterocycles. The summed E-state index contributed by atoms with van der Waals surface area (Å²) in [5.74, 6) is 0.726. The Kier molecular flexibility index (Phi) is 10.2. The minimum absolute atomic E-state index is 0.428. The van der Waals surface area contributed by atoms with Crippen molar-refractivity contribution < 1.29 is 0 Å². The molecule has 0 fully saturated rings. The van der Waals surface area contributed by atoms with Crippen molar-refractivity contribution in [3.63, 3.8) is 0 Å². The maximum absolute atomic E-state index is 4.13. The van der Waals surface area contributed by atoms with Gasteiger partial charge >= 0.3 is 0 Å². The first-order valence-corrected chi connectivity index (χ1v) is 8.93. The molecule has 20 heavy (non-hydrogen) atoms. The topological polar surface area (TPSA) is 12.0 Å². The van der Waals surface area contributed by atoms with Crippen LogP contribution in [0.5, 0.6) is 0 Å². The van der Waals surface area contributed by atoms with Crippen LogP contribution < -0.4 is 4.72 Å². The Morgan fingerprint density at radius 3 is 2.35 bits per heavy atom. The van der Waals surface area contributed by atoms with Crippen LogP contribution in [-0.2, 0) is 0 Å². The largest absolute Gasteiger partial charge is 0.330 e. The standard InChI is InChI=1S/C18H35NS/c1-8-10-11-12-17(5)20-19-16(4)14-13-15(3)18(6,7)9-2/h15,19H,4-5,8-14H2,1-3,6-7H3. The van der Waals surface area contributed by atoms with Crippen molar-refractivity contribution in [2.45, 2.75) is 79.6 Å². The van der Waals surface area contributed by atoms with Gasteiger partial charge in [0.15, 0.2) is 0 Å². The zero-order chi connectivity index (χ0) is 15.6. The first kappa shape index (κ1) is 19.6. The molecule has 0 aliphatic carbocycles. The minimum Gasteiger partial charge on any atom is -0.330 e. The summed E-state index contributed by atoms with van der Waals surface area (Å²) in [6.07, 6.45) is 8.41. The second-order valence-corrected chi connectivity index (χ2v) is 7.57. The molecule has 1 N–H and O–H groups in total. The zero-order valence-electron chi connectivity index (χ0n) is 14.3. The molecular weight excluding hydrogens is 262 g/mol. The molecule has 2 heteroatoms. The van der Waals surface area contributed by atoms with Crippen LogP contribution in [0.4, 0.5) is 0 Å². The molecule has 0 saturated heterocycles. The van der Waals surface area contributed by atoms with Gasteiger partial charge in [-0.15, -0.1) is 0 Å². The van der Waals surface area contributed by atoms with Gasteiger partial charge in [-0.2, -0.15) is 0 Å². The molecule has 0 bridgehead atoms. The zero-order valence-corrected chi connectivity index (χ0v) is 15.2. The fourth-order valence-corrected chi connectivity index (χ4v) is 2.59. The summed E-state index contributed by atoms with van der Waals surface area (Å²) in [5, 5.41) is 0. The summed E-state index contributed by atoms with van der Waals surface area (Å²) in [7, 11) is 0. The highest BCUT2D eigenvalue weighted by atomic mass is 32.2. The van der Waals surface area contributed by atoms with Gasteiger partial charge in [0, 0.05) is 5.70 Å². The number of nitrogens with one attached hydrogen (secondary N) is 1. The predicted octanol–water partition coefficient (Wildman–Crippen LogP) is 6.68. The van der Waals surface area contributed by atoms with Gasteiger partial charge in [0.05, 0.1) is 0 Å². The van der Waals surface area contributed by atoms with E-state index in [1.165, 1.54) is 37.0 Å². The molecule has 0 aromatic heterocycles. The van der Waals surface area contributed by atoms with Crippen molar-refractivity contribution in [2.75, 3.05) is 0 Å². The van der Waals surface area contributed by atoms with Crippen LogP contribution >= 0.6 is 11.9 Å². The number of hydrogen-bond acceptors (Lipinski definition) is 2. The van der Waals surface area contributed by atoms with Gasteiger partial charge in [-0.05, 0) is 53.9 Å². The Balaban J connectivity index is 3.81. The van der Waals surface area contributed by atoms with Crippen molar-refractivity contribution in [3.8, 4) is 0 Å². The van der Waals surface area contributed by atoms with E-state index in [2.05, 4.69) is 52.5 Å². The van der Waals surface area contributed by atoms with E-state index in [0.29, 0.717) is 5.41 Å². The highest BCUT2D eigenvalue weighted by Crippen LogP contribution is 2.33. The average Bonchev–Trinajstić information content (AvgIpc) is 2.42. The van der Waals surface area contributed by atoms with Crippen LogP contribution in [0.1, 0.15) is 79.6 Å². The van der Waals surface area contributed by atoms with E-state index >= 15 is 0 Å². The molecule has 0 amide bonds. The van der Waals surface area contributed by atoms with E-state index < -0.39 is 0 Å². The van der Waals surface area contributed by atoms with Crippen molar-refractivity contribution >= 4 is 11.9 Å². The third-order valence-electron chi connectivity index (χ3n) is 4.52. The molecule has 1 nitrogen and oxygen atoms in total. The van der Waals surface area contributed by atoms with Gasteiger partial charge in [-0.25, -0.2) is 0 Å². The second kappa shape index (κ2) is 10.4. The van der Waals surface area contributed by atoms with E-state index in [1.54, 1.807) is 11.9 Å². The number of unbranched alkanes of at least 4 members (excludes halogenated alkanes) is 2. The molecular formula is C18H35NS. The van der Waals surface area contributed by atoms with Crippen LogP contribution in [0.3, 0.4) is 0 Å². The molecule has 1 unspecified atom stereocenters. The number of allylic oxidation sites excluding steroid dienone is 2. The summed E-state index contributed by atoms with van der Waals surface area (Å²) in [5.41, 5.74) is 1.56. The summed E-state index contributed by atoms with van der Waals surface area (Å²) in [4.78, 5) is 1.22. The van der Waals surface area contributed by atoms with Gasteiger partial charge in [-0.1, -0.05) is 67.0 Å². The molecule has 0 spiro atoms. The SMILES string of the molecule is C=C(CCC(C)C(C)(C)CC)NSC(=C)CCCCC. The van der Waals surface area contributed by atoms with E-state index in [1.807, 2.05) is 0 Å². The van der Waals surface area contributed by atoms with Crippen LogP contribution in [0.25, 0.3) is 0 Å². The lowest BCUT2D eigenvalue weighted by Gasteiger charge is -2.30. The summed E-state index contributed by atoms with van der Waals surface area (Å²) >= 11 is 1.66. The van der Waals surface area contributed by atoms with Crippen molar-refractivity contribution in [2.24, 2.45) is 11.3 Å². The molecule has 0 aliphatic rings. The fourth-order valence-electron chi connectivity index (χ4n) is 1.95. The quantitative estimate of drug-likeness (QED) is 0.318. The monoisotopic (exact) mass is 297 g/mol. The molecule has 0 aliphatic heterocycles. The van der Waals surface area contributed by atoms with Gasteiger partial charge in [0.25, 0.3) is 0 Å². The maximum atomic E-state index is 4.13. The molecule has 0 aromatic rings. The maximum Gasteiger partial charge on any atom is 0.0142 e. The van der Waals surface area contributed by atoms with Crippen molar-refractivity contribution in [1.29, 1.82) is 0 Å². The molecule has 0 saturated carbocycles. The van der Waals surface area contributed by atoms with Crippen molar-refractivity contribution in [1.82, 2.24) is 4.72 Å². The minimum atomic E-state index is 0.428. The molecule has 0 rings (SSSR count). The first-order chi connectivity index (χ1) is 9.33. The third-order valence-corrected chi connectivity index (χ3v) is 5.41. The Hall–Kier alpha value is -0.370. The Morgan fingerprint density at radius 1 is 1.15 bits per heavy atom. The summed E-state index contributed by atoms with van der Waals surface area (Å²) in [6, 6.07) is 0. The average molecular weight is 298 g/mol. The van der Waals surface area contributed by atoms with E-state index in [9.17, 15) is 0 Å². The van der Waals surface area contributed by atoms with Crippen molar-refractivity contribution in [3.05, 3.63) is 23.8 Å². The number of rotatable bonds is 12. The normalized spacial score (nSPS) is 13.1. The van der Waals surface area contributed by atoms with Gasteiger partial charge in [-0.3, -0.25) is 0 Å². The number of hydrogen-bond donors (Lipinski definition) is 1. The highest BCUT2D eigenvalue weighted by molar-refractivity contribution is 8.01. The van der Waals surface area contributed by atoms with E-state index in [-0.39, 0.29) is 0 Å². The molecule has 118 valence electrons. The van der Waals surface area contributed by atoms with E-state index in [4.69, 9.17) is 0 Å². The Morgan fingerprint density at radius 2 is 1.80 bits per heavy atom. The molecule has 0 aromatic carbocycles. The smallest absolute Gasteiger partial charge is 0.0142 e. The summed E-state index contributed by atoms with van der Waals surface area (Å²) in [6.45, 7) is 19.8. The Labute approximate surface area is 131 Å². The van der Waals surface area contributed by atoms with Gasteiger partial charge in [0.2, 0.25) is 0 Å². The van der Waals surface area contributed by atoms with Crippen LogP contribution in [0.2, 0.25) is 0 Å². The summed E-state index contributed by atoms with van der Waals surface area (Å²) < 4.78 is 3.36. The molecule has 0 radical (unpaired) electrons. The second-order valence-electron chi connectivity index (χ2n) is 6.59. The highest BCUT2D eigenvalue weighted by Gasteiger charge is 2.23. The van der Waals surface area contributed by atoms with E-state index in [0.717, 1.165) is 24.5 Å². The van der Waals surface area contributed by atoms with Crippen LogP contribution in [0.15, 0.2) is 23.8 Å².